The molecule has 1 fully saturated rings. The zero-order valence-electron chi connectivity index (χ0n) is 22.1. The molecule has 13 heteroatoms. The van der Waals surface area contributed by atoms with Crippen molar-refractivity contribution in [2.45, 2.75) is 44.8 Å². The van der Waals surface area contributed by atoms with E-state index in [0.29, 0.717) is 36.3 Å². The summed E-state index contributed by atoms with van der Waals surface area (Å²) in [6.45, 7) is 1.61. The normalized spacial score (nSPS) is 15.5. The van der Waals surface area contributed by atoms with Crippen LogP contribution in [0.15, 0.2) is 48.5 Å². The smallest absolute Gasteiger partial charge is 0.300 e. The second-order valence-corrected chi connectivity index (χ2v) is 10.8. The molecule has 0 saturated carbocycles. The molecular weight excluding hydrogens is 526 g/mol. The van der Waals surface area contributed by atoms with Gasteiger partial charge in [0.25, 0.3) is 5.97 Å². The lowest BCUT2D eigenvalue weighted by Crippen LogP contribution is -2.54. The summed E-state index contributed by atoms with van der Waals surface area (Å²) in [5, 5.41) is 17.8. The molecule has 6 N–H and O–H groups in total. The van der Waals surface area contributed by atoms with E-state index in [1.165, 1.54) is 12.0 Å². The molecule has 12 nitrogen and oxygen atoms in total. The fourth-order valence-electron chi connectivity index (χ4n) is 4.15. The average molecular weight is 562 g/mol. The summed E-state index contributed by atoms with van der Waals surface area (Å²) in [5.74, 6) is -1.20. The van der Waals surface area contributed by atoms with Crippen LogP contribution in [0.5, 0.6) is 5.75 Å². The predicted molar refractivity (Wildman–Crippen MR) is 146 cm³/mol. The molecule has 1 aliphatic rings. The lowest BCUT2D eigenvalue weighted by Gasteiger charge is -2.28. The number of hydrogen-bond acceptors (Lipinski definition) is 7. The van der Waals surface area contributed by atoms with Crippen LogP contribution in [0.1, 0.15) is 36.5 Å². The van der Waals surface area contributed by atoms with Crippen LogP contribution in [0.3, 0.4) is 0 Å². The number of nitrogens with two attached hydrogens (primary N) is 1. The molecule has 0 aromatic heterocycles. The summed E-state index contributed by atoms with van der Waals surface area (Å²) < 4.78 is 31.7. The Morgan fingerprint density at radius 1 is 1.21 bits per heavy atom. The molecule has 1 aliphatic heterocycles. The number of methoxy groups -OCH3 is 1. The molecule has 0 radical (unpaired) electrons. The van der Waals surface area contributed by atoms with Gasteiger partial charge in [0.2, 0.25) is 21.8 Å². The fourth-order valence-corrected chi connectivity index (χ4v) is 4.85. The van der Waals surface area contributed by atoms with Gasteiger partial charge in [-0.1, -0.05) is 42.5 Å². The SMILES string of the molecule is CC(=O)O.COc1cc(C(=N)N)ccc1CNC(=O)[C@@H]1CCCN1C(=O)[C@H](Cc1ccccc1)NS(C)(=O)=O. The minimum atomic E-state index is -3.66. The van der Waals surface area contributed by atoms with Crippen molar-refractivity contribution in [3.05, 3.63) is 65.2 Å². The molecular formula is C26H35N5O7S. The highest BCUT2D eigenvalue weighted by atomic mass is 32.2. The maximum Gasteiger partial charge on any atom is 0.300 e. The Hall–Kier alpha value is -3.97. The van der Waals surface area contributed by atoms with Crippen LogP contribution in [0.2, 0.25) is 0 Å². The number of amides is 2. The first kappa shape index (κ1) is 31.2. The van der Waals surface area contributed by atoms with Crippen molar-refractivity contribution in [1.29, 1.82) is 5.41 Å². The zero-order chi connectivity index (χ0) is 29.2. The third-order valence-corrected chi connectivity index (χ3v) is 6.54. The molecule has 2 aromatic rings. The Kier molecular flexibility index (Phi) is 11.4. The molecule has 39 heavy (non-hydrogen) atoms. The summed E-state index contributed by atoms with van der Waals surface area (Å²) in [5.41, 5.74) is 7.54. The molecule has 0 unspecified atom stereocenters. The minimum absolute atomic E-state index is 0.0910. The number of carbonyl (C=O) groups is 3. The molecule has 0 bridgehead atoms. The van der Waals surface area contributed by atoms with Gasteiger partial charge in [-0.15, -0.1) is 0 Å². The number of ether oxygens (including phenoxy) is 1. The molecule has 1 heterocycles. The van der Waals surface area contributed by atoms with E-state index in [1.54, 1.807) is 18.2 Å². The van der Waals surface area contributed by atoms with Crippen LogP contribution in [0.25, 0.3) is 0 Å². The van der Waals surface area contributed by atoms with Gasteiger partial charge in [-0.2, -0.15) is 0 Å². The van der Waals surface area contributed by atoms with E-state index in [1.807, 2.05) is 30.3 Å². The number of likely N-dealkylation sites (tertiary alicyclic amines) is 1. The summed E-state index contributed by atoms with van der Waals surface area (Å²) >= 11 is 0. The average Bonchev–Trinajstić information content (AvgIpc) is 3.36. The minimum Gasteiger partial charge on any atom is -0.496 e. The first-order valence-electron chi connectivity index (χ1n) is 12.1. The van der Waals surface area contributed by atoms with Crippen LogP contribution in [0.4, 0.5) is 0 Å². The van der Waals surface area contributed by atoms with Gasteiger partial charge < -0.3 is 25.8 Å². The maximum absolute atomic E-state index is 13.4. The standard InChI is InChI=1S/C24H31N5O5S.C2H4O2/c1-34-21-14-17(22(25)26)10-11-18(21)15-27-23(30)20-9-6-12-29(20)24(31)19(28-35(2,32)33)13-16-7-4-3-5-8-16;1-2(3)4/h3-5,7-8,10-11,14,19-20,28H,6,9,12-13,15H2,1-2H3,(H3,25,26)(H,27,30);1H3,(H,3,4)/t19-,20-;/m0./s1. The summed E-state index contributed by atoms with van der Waals surface area (Å²) in [6.07, 6.45) is 2.31. The second-order valence-electron chi connectivity index (χ2n) is 9.00. The lowest BCUT2D eigenvalue weighted by molar-refractivity contribution is -0.139. The van der Waals surface area contributed by atoms with Crippen LogP contribution in [-0.4, -0.2) is 74.0 Å². The van der Waals surface area contributed by atoms with Crippen molar-refractivity contribution in [2.75, 3.05) is 19.9 Å². The monoisotopic (exact) mass is 561 g/mol. The van der Waals surface area contributed by atoms with Gasteiger partial charge in [0, 0.05) is 31.1 Å². The van der Waals surface area contributed by atoms with E-state index in [9.17, 15) is 18.0 Å². The van der Waals surface area contributed by atoms with Crippen LogP contribution >= 0.6 is 0 Å². The Labute approximate surface area is 228 Å². The molecule has 3 rings (SSSR count). The molecule has 0 spiro atoms. The first-order valence-corrected chi connectivity index (χ1v) is 14.0. The van der Waals surface area contributed by atoms with E-state index in [0.717, 1.165) is 18.7 Å². The van der Waals surface area contributed by atoms with Crippen molar-refractivity contribution in [1.82, 2.24) is 14.9 Å². The van der Waals surface area contributed by atoms with Crippen LogP contribution in [0, 0.1) is 5.41 Å². The number of carbonyl (C=O) groups excluding carboxylic acids is 2. The van der Waals surface area contributed by atoms with E-state index in [2.05, 4.69) is 10.0 Å². The number of nitrogens with one attached hydrogen (secondary N) is 3. The van der Waals surface area contributed by atoms with Gasteiger partial charge in [0.15, 0.2) is 0 Å². The Morgan fingerprint density at radius 3 is 2.41 bits per heavy atom. The number of rotatable bonds is 10. The number of amidine groups is 1. The fraction of sp³-hybridized carbons (Fsp3) is 0.385. The number of nitrogen functional groups attached to an aromatic ring is 1. The van der Waals surface area contributed by atoms with Gasteiger partial charge >= 0.3 is 0 Å². The van der Waals surface area contributed by atoms with Crippen LogP contribution in [-0.2, 0) is 37.4 Å². The Balaban J connectivity index is 0.00000124. The van der Waals surface area contributed by atoms with E-state index >= 15 is 0 Å². The Bertz CT molecular complexity index is 1280. The molecule has 2 amide bonds. The zero-order valence-corrected chi connectivity index (χ0v) is 23.0. The topological polar surface area (TPSA) is 192 Å². The van der Waals surface area contributed by atoms with E-state index in [-0.39, 0.29) is 24.7 Å². The lowest BCUT2D eigenvalue weighted by atomic mass is 10.0. The highest BCUT2D eigenvalue weighted by molar-refractivity contribution is 7.88. The number of carboxylic acid groups (broad SMARTS) is 1. The quantitative estimate of drug-likeness (QED) is 0.208. The Morgan fingerprint density at radius 2 is 1.85 bits per heavy atom. The number of nitrogens with zero attached hydrogens (tertiary/aromatic N) is 1. The predicted octanol–water partition coefficient (Wildman–Crippen LogP) is 0.838. The molecule has 2 aromatic carbocycles. The third kappa shape index (κ3) is 10.0. The number of hydrogen-bond donors (Lipinski definition) is 5. The third-order valence-electron chi connectivity index (χ3n) is 5.83. The molecule has 212 valence electrons. The molecule has 1 saturated heterocycles. The number of sulfonamides is 1. The van der Waals surface area contributed by atoms with Gasteiger partial charge in [-0.25, -0.2) is 13.1 Å². The van der Waals surface area contributed by atoms with Crippen molar-refractivity contribution < 1.29 is 32.6 Å². The number of benzene rings is 2. The second kappa shape index (κ2) is 14.3. The largest absolute Gasteiger partial charge is 0.496 e. The highest BCUT2D eigenvalue weighted by Crippen LogP contribution is 2.22. The van der Waals surface area contributed by atoms with Gasteiger partial charge in [-0.3, -0.25) is 19.8 Å². The summed E-state index contributed by atoms with van der Waals surface area (Å²) in [4.78, 5) is 36.9. The van der Waals surface area contributed by atoms with Gasteiger partial charge in [-0.05, 0) is 30.9 Å². The van der Waals surface area contributed by atoms with Gasteiger partial charge in [0.1, 0.15) is 23.7 Å². The summed E-state index contributed by atoms with van der Waals surface area (Å²) in [7, 11) is -2.17. The van der Waals surface area contributed by atoms with Gasteiger partial charge in [0.05, 0.1) is 13.4 Å². The summed E-state index contributed by atoms with van der Waals surface area (Å²) in [6, 6.07) is 12.4. The van der Waals surface area contributed by atoms with E-state index < -0.39 is 34.0 Å². The number of carboxylic acids is 1. The van der Waals surface area contributed by atoms with Crippen molar-refractivity contribution in [3.63, 3.8) is 0 Å². The van der Waals surface area contributed by atoms with E-state index in [4.69, 9.17) is 25.8 Å². The van der Waals surface area contributed by atoms with Crippen molar-refractivity contribution in [3.8, 4) is 5.75 Å². The first-order chi connectivity index (χ1) is 18.3. The maximum atomic E-state index is 13.4. The number of aliphatic carboxylic acids is 1. The molecule has 2 atom stereocenters. The molecule has 0 aliphatic carbocycles. The van der Waals surface area contributed by atoms with Crippen molar-refractivity contribution in [2.24, 2.45) is 5.73 Å². The van der Waals surface area contributed by atoms with Crippen LogP contribution < -0.4 is 20.5 Å². The highest BCUT2D eigenvalue weighted by Gasteiger charge is 2.38. The van der Waals surface area contributed by atoms with Crippen molar-refractivity contribution >= 4 is 33.6 Å².